The van der Waals surface area contributed by atoms with E-state index in [2.05, 4.69) is 0 Å². The van der Waals surface area contributed by atoms with Gasteiger partial charge in [0, 0.05) is 17.7 Å². The standard InChI is InChI=1S/C14H15NO3/c16-10-6-2-1-5-9-15-13(17)11-7-3-4-8-12(11)14(15)18/h2-4,6-8,10,13,17H,1,5,9H2/b6-2+. The molecule has 1 unspecified atom stereocenters. The van der Waals surface area contributed by atoms with Crippen LogP contribution in [0, 0.1) is 0 Å². The highest BCUT2D eigenvalue weighted by Gasteiger charge is 2.34. The number of unbranched alkanes of at least 4 members (excludes halogenated alkanes) is 1. The number of aliphatic hydroxyl groups is 1. The van der Waals surface area contributed by atoms with Crippen LogP contribution in [0.1, 0.15) is 35.0 Å². The van der Waals surface area contributed by atoms with Crippen molar-refractivity contribution in [3.8, 4) is 0 Å². The highest BCUT2D eigenvalue weighted by atomic mass is 16.3. The summed E-state index contributed by atoms with van der Waals surface area (Å²) in [6, 6.07) is 7.10. The van der Waals surface area contributed by atoms with Crippen molar-refractivity contribution in [2.75, 3.05) is 6.54 Å². The van der Waals surface area contributed by atoms with Crippen molar-refractivity contribution in [2.24, 2.45) is 0 Å². The molecule has 1 aliphatic rings. The van der Waals surface area contributed by atoms with Gasteiger partial charge in [-0.2, -0.15) is 0 Å². The highest BCUT2D eigenvalue weighted by Crippen LogP contribution is 2.31. The summed E-state index contributed by atoms with van der Waals surface area (Å²) in [7, 11) is 0. The molecule has 0 fully saturated rings. The zero-order chi connectivity index (χ0) is 13.0. The zero-order valence-corrected chi connectivity index (χ0v) is 9.95. The van der Waals surface area contributed by atoms with Crippen molar-refractivity contribution >= 4 is 12.2 Å². The second-order valence-electron chi connectivity index (χ2n) is 4.17. The van der Waals surface area contributed by atoms with Crippen LogP contribution in [0.5, 0.6) is 0 Å². The molecule has 0 saturated heterocycles. The summed E-state index contributed by atoms with van der Waals surface area (Å²) in [5.41, 5.74) is 1.25. The minimum atomic E-state index is -0.844. The number of fused-ring (bicyclic) bond motifs is 1. The van der Waals surface area contributed by atoms with Crippen LogP contribution in [0.25, 0.3) is 0 Å². The molecule has 0 aliphatic carbocycles. The van der Waals surface area contributed by atoms with Gasteiger partial charge in [0.05, 0.1) is 0 Å². The topological polar surface area (TPSA) is 57.6 Å². The lowest BCUT2D eigenvalue weighted by Crippen LogP contribution is -2.28. The molecule has 94 valence electrons. The average molecular weight is 245 g/mol. The monoisotopic (exact) mass is 245 g/mol. The van der Waals surface area contributed by atoms with Gasteiger partial charge in [0.2, 0.25) is 0 Å². The number of amides is 1. The van der Waals surface area contributed by atoms with Crippen molar-refractivity contribution < 1.29 is 14.7 Å². The Bertz CT molecular complexity index is 482. The number of hydrogen-bond donors (Lipinski definition) is 1. The van der Waals surface area contributed by atoms with Crippen LogP contribution in [-0.4, -0.2) is 28.7 Å². The molecule has 1 N–H and O–H groups in total. The Morgan fingerprint density at radius 2 is 2.11 bits per heavy atom. The maximum Gasteiger partial charge on any atom is 0.256 e. The van der Waals surface area contributed by atoms with E-state index < -0.39 is 6.23 Å². The van der Waals surface area contributed by atoms with Crippen molar-refractivity contribution in [3.05, 3.63) is 47.5 Å². The fraction of sp³-hybridized carbons (Fsp3) is 0.286. The molecule has 4 heteroatoms. The number of aliphatic hydroxyl groups excluding tert-OH is 1. The average Bonchev–Trinajstić information content (AvgIpc) is 2.64. The lowest BCUT2D eigenvalue weighted by Gasteiger charge is -2.20. The van der Waals surface area contributed by atoms with Gasteiger partial charge in [-0.05, 0) is 25.0 Å². The molecule has 4 nitrogen and oxygen atoms in total. The van der Waals surface area contributed by atoms with Gasteiger partial charge in [-0.15, -0.1) is 0 Å². The van der Waals surface area contributed by atoms with E-state index in [0.29, 0.717) is 24.1 Å². The van der Waals surface area contributed by atoms with Crippen molar-refractivity contribution in [2.45, 2.75) is 19.1 Å². The van der Waals surface area contributed by atoms with Gasteiger partial charge < -0.3 is 10.0 Å². The SMILES string of the molecule is O=C/C=C/CCCN1C(=O)c2ccccc2C1O. The van der Waals surface area contributed by atoms with E-state index in [1.54, 1.807) is 24.3 Å². The van der Waals surface area contributed by atoms with Crippen LogP contribution in [0.2, 0.25) is 0 Å². The maximum atomic E-state index is 12.0. The summed E-state index contributed by atoms with van der Waals surface area (Å²) in [5.74, 6) is -0.127. The van der Waals surface area contributed by atoms with Crippen molar-refractivity contribution in [1.82, 2.24) is 4.90 Å². The Morgan fingerprint density at radius 3 is 2.83 bits per heavy atom. The first kappa shape index (κ1) is 12.5. The number of aldehydes is 1. The van der Waals surface area contributed by atoms with E-state index in [1.807, 2.05) is 6.07 Å². The predicted molar refractivity (Wildman–Crippen MR) is 66.9 cm³/mol. The van der Waals surface area contributed by atoms with Crippen LogP contribution in [0.4, 0.5) is 0 Å². The molecule has 1 aromatic rings. The molecule has 1 aromatic carbocycles. The molecule has 0 radical (unpaired) electrons. The Morgan fingerprint density at radius 1 is 1.33 bits per heavy atom. The molecule has 1 aliphatic heterocycles. The molecule has 0 saturated carbocycles. The Labute approximate surface area is 106 Å². The summed E-state index contributed by atoms with van der Waals surface area (Å²) in [6.45, 7) is 0.484. The Balaban J connectivity index is 1.98. The number of allylic oxidation sites excluding steroid dienone is 2. The minimum Gasteiger partial charge on any atom is -0.369 e. The second-order valence-corrected chi connectivity index (χ2v) is 4.17. The first-order valence-electron chi connectivity index (χ1n) is 5.94. The normalized spacial score (nSPS) is 18.4. The van der Waals surface area contributed by atoms with E-state index >= 15 is 0 Å². The fourth-order valence-corrected chi connectivity index (χ4v) is 2.11. The first-order valence-corrected chi connectivity index (χ1v) is 5.94. The summed E-state index contributed by atoms with van der Waals surface area (Å²) >= 11 is 0. The Kier molecular flexibility index (Phi) is 3.89. The van der Waals surface area contributed by atoms with Gasteiger partial charge in [-0.25, -0.2) is 0 Å². The number of carbonyl (C=O) groups is 2. The van der Waals surface area contributed by atoms with E-state index in [9.17, 15) is 14.7 Å². The lowest BCUT2D eigenvalue weighted by atomic mass is 10.1. The van der Waals surface area contributed by atoms with E-state index in [4.69, 9.17) is 0 Å². The molecule has 1 heterocycles. The first-order chi connectivity index (χ1) is 8.75. The van der Waals surface area contributed by atoms with Gasteiger partial charge in [0.15, 0.2) is 6.23 Å². The molecular weight excluding hydrogens is 230 g/mol. The third-order valence-corrected chi connectivity index (χ3v) is 3.01. The van der Waals surface area contributed by atoms with Crippen LogP contribution < -0.4 is 0 Å². The molecule has 0 aromatic heterocycles. The van der Waals surface area contributed by atoms with Gasteiger partial charge >= 0.3 is 0 Å². The van der Waals surface area contributed by atoms with Crippen LogP contribution >= 0.6 is 0 Å². The lowest BCUT2D eigenvalue weighted by molar-refractivity contribution is -0.104. The maximum absolute atomic E-state index is 12.0. The minimum absolute atomic E-state index is 0.127. The summed E-state index contributed by atoms with van der Waals surface area (Å²) in [5, 5.41) is 10.0. The van der Waals surface area contributed by atoms with Gasteiger partial charge in [0.25, 0.3) is 5.91 Å². The zero-order valence-electron chi connectivity index (χ0n) is 9.95. The predicted octanol–water partition coefficient (Wildman–Crippen LogP) is 1.67. The molecule has 2 rings (SSSR count). The van der Waals surface area contributed by atoms with E-state index in [-0.39, 0.29) is 5.91 Å². The number of hydrogen-bond acceptors (Lipinski definition) is 3. The van der Waals surface area contributed by atoms with E-state index in [0.717, 1.165) is 12.7 Å². The number of rotatable bonds is 5. The Hall–Kier alpha value is -1.94. The van der Waals surface area contributed by atoms with Gasteiger partial charge in [-0.1, -0.05) is 24.3 Å². The second kappa shape index (κ2) is 5.60. The smallest absolute Gasteiger partial charge is 0.256 e. The number of benzene rings is 1. The van der Waals surface area contributed by atoms with Crippen LogP contribution in [0.3, 0.4) is 0 Å². The molecular formula is C14H15NO3. The summed E-state index contributed by atoms with van der Waals surface area (Å²) in [6.07, 6.45) is 4.52. The summed E-state index contributed by atoms with van der Waals surface area (Å²) in [4.78, 5) is 23.6. The molecule has 0 spiro atoms. The molecule has 1 amide bonds. The number of carbonyl (C=O) groups excluding carboxylic acids is 2. The third kappa shape index (κ3) is 2.33. The third-order valence-electron chi connectivity index (χ3n) is 3.01. The number of nitrogens with zero attached hydrogens (tertiary/aromatic N) is 1. The van der Waals surface area contributed by atoms with Gasteiger partial charge in [-0.3, -0.25) is 9.59 Å². The fourth-order valence-electron chi connectivity index (χ4n) is 2.11. The van der Waals surface area contributed by atoms with Crippen LogP contribution in [0.15, 0.2) is 36.4 Å². The van der Waals surface area contributed by atoms with E-state index in [1.165, 1.54) is 11.0 Å². The van der Waals surface area contributed by atoms with Crippen molar-refractivity contribution in [3.63, 3.8) is 0 Å². The molecule has 0 bridgehead atoms. The largest absolute Gasteiger partial charge is 0.369 e. The van der Waals surface area contributed by atoms with Gasteiger partial charge in [0.1, 0.15) is 6.29 Å². The molecule has 1 atom stereocenters. The van der Waals surface area contributed by atoms with Crippen molar-refractivity contribution in [1.29, 1.82) is 0 Å². The molecule has 18 heavy (non-hydrogen) atoms. The summed E-state index contributed by atoms with van der Waals surface area (Å²) < 4.78 is 0. The quantitative estimate of drug-likeness (QED) is 0.487. The highest BCUT2D eigenvalue weighted by molar-refractivity contribution is 5.98. The van der Waals surface area contributed by atoms with Crippen LogP contribution in [-0.2, 0) is 4.79 Å².